The number of aliphatic hydroxyl groups is 1. The maximum atomic E-state index is 12.2. The first-order chi connectivity index (χ1) is 11.6. The molecule has 0 heterocycles. The van der Waals surface area contributed by atoms with Gasteiger partial charge in [0.1, 0.15) is 0 Å². The molecule has 0 saturated carbocycles. The number of hydrogen-bond donors (Lipinski definition) is 6. The third-order valence-electron chi connectivity index (χ3n) is 3.43. The van der Waals surface area contributed by atoms with Crippen molar-refractivity contribution in [2.75, 3.05) is 20.3 Å². The van der Waals surface area contributed by atoms with E-state index in [4.69, 9.17) is 5.11 Å². The van der Waals surface area contributed by atoms with E-state index in [-0.39, 0.29) is 73.7 Å². The molecule has 0 rings (SSSR count). The quantitative estimate of drug-likeness (QED) is 0.201. The predicted octanol–water partition coefficient (Wildman–Crippen LogP) is -3.26. The predicted molar refractivity (Wildman–Crippen MR) is 91.5 cm³/mol. The fourth-order valence-corrected chi connectivity index (χ4v) is 3.08. The maximum absolute atomic E-state index is 12.2. The molecule has 0 radical (unpaired) electrons. The molecule has 4 unspecified atom stereocenters. The zero-order chi connectivity index (χ0) is 19.6. The van der Waals surface area contributed by atoms with Gasteiger partial charge in [0, 0.05) is 0 Å². The average Bonchev–Trinajstić information content (AvgIpc) is 2.52. The molecule has 0 aromatic heterocycles. The Balaban J connectivity index is 4.43. The van der Waals surface area contributed by atoms with Crippen molar-refractivity contribution in [2.45, 2.75) is 37.9 Å². The second kappa shape index (κ2) is 12.9. The first-order valence-electron chi connectivity index (χ1n) is 8.05. The van der Waals surface area contributed by atoms with E-state index in [0.717, 1.165) is 0 Å². The molecule has 4 amide bonds. The third-order valence-corrected chi connectivity index (χ3v) is 5.07. The first-order valence-corrected chi connectivity index (χ1v) is 10.9. The Kier molecular flexibility index (Phi) is 12.7. The summed E-state index contributed by atoms with van der Waals surface area (Å²) < 4.78 is 0.0669. The van der Waals surface area contributed by atoms with Crippen LogP contribution in [0, 0.1) is 0 Å². The molecule has 0 aliphatic carbocycles. The topological polar surface area (TPSA) is 149 Å². The van der Waals surface area contributed by atoms with E-state index >= 15 is 0 Å². The second-order valence-electron chi connectivity index (χ2n) is 5.94. The van der Waals surface area contributed by atoms with Crippen molar-refractivity contribution >= 4 is 79.2 Å². The van der Waals surface area contributed by atoms with Gasteiger partial charge in [-0.25, -0.2) is 0 Å². The summed E-state index contributed by atoms with van der Waals surface area (Å²) in [7, 11) is 1.53. The zero-order valence-corrected chi connectivity index (χ0v) is 20.2. The van der Waals surface area contributed by atoms with E-state index in [0.29, 0.717) is 0 Å². The van der Waals surface area contributed by atoms with Gasteiger partial charge in [0.25, 0.3) is 0 Å². The van der Waals surface area contributed by atoms with E-state index in [1.54, 1.807) is 0 Å². The number of carbonyl (C=O) groups excluding carboxylic acids is 4. The molecule has 4 atom stereocenters. The molecule has 0 aromatic rings. The molecular formula is C14H26N5O5Rb. The third kappa shape index (κ3) is 9.76. The number of rotatable bonds is 10. The summed E-state index contributed by atoms with van der Waals surface area (Å²) in [6.07, 6.45) is 0. The summed E-state index contributed by atoms with van der Waals surface area (Å²) in [5.41, 5.74) is 0. The molecule has 25 heavy (non-hydrogen) atoms. The number of carbonyl (C=O) groups is 4. The van der Waals surface area contributed by atoms with Crippen molar-refractivity contribution in [2.24, 2.45) is 0 Å². The summed E-state index contributed by atoms with van der Waals surface area (Å²) >= 11 is 0.149. The van der Waals surface area contributed by atoms with Crippen molar-refractivity contribution in [3.63, 3.8) is 0 Å². The molecule has 0 spiro atoms. The Morgan fingerprint density at radius 1 is 1.00 bits per heavy atom. The first kappa shape index (κ1) is 24.6. The van der Waals surface area contributed by atoms with Crippen molar-refractivity contribution in [3.05, 3.63) is 0 Å². The molecule has 10 nitrogen and oxygen atoms in total. The minimum atomic E-state index is -0.826. The number of amides is 4. The average molecular weight is 430 g/mol. The van der Waals surface area contributed by atoms with Crippen molar-refractivity contribution < 1.29 is 24.3 Å². The van der Waals surface area contributed by atoms with Gasteiger partial charge in [-0.1, -0.05) is 0 Å². The Morgan fingerprint density at radius 3 is 2.00 bits per heavy atom. The van der Waals surface area contributed by atoms with Gasteiger partial charge in [-0.2, -0.15) is 0 Å². The molecule has 0 aromatic carbocycles. The molecule has 6 N–H and O–H groups in total. The van der Waals surface area contributed by atoms with Crippen molar-refractivity contribution in [1.82, 2.24) is 26.6 Å². The molecule has 0 bridgehead atoms. The fourth-order valence-electron chi connectivity index (χ4n) is 1.92. The second-order valence-corrected chi connectivity index (χ2v) is 10.4. The summed E-state index contributed by atoms with van der Waals surface area (Å²) in [6.45, 7) is 4.21. The molecule has 0 fully saturated rings. The van der Waals surface area contributed by atoms with Crippen LogP contribution in [0.15, 0.2) is 0 Å². The van der Waals surface area contributed by atoms with Crippen LogP contribution in [0.25, 0.3) is 0 Å². The van der Waals surface area contributed by atoms with Gasteiger partial charge in [0.05, 0.1) is 0 Å². The van der Waals surface area contributed by atoms with E-state index < -0.39 is 35.8 Å². The summed E-state index contributed by atoms with van der Waals surface area (Å²) in [5.74, 6) is -1.65. The molecular weight excluding hydrogens is 404 g/mol. The van der Waals surface area contributed by atoms with Gasteiger partial charge >= 0.3 is 176 Å². The van der Waals surface area contributed by atoms with Crippen LogP contribution >= 0.6 is 0 Å². The van der Waals surface area contributed by atoms with E-state index in [1.165, 1.54) is 20.9 Å². The monoisotopic (exact) mass is 429 g/mol. The number of likely N-dealkylation sites (N-methyl/N-ethyl adjacent to an activating group) is 1. The van der Waals surface area contributed by atoms with Gasteiger partial charge in [-0.15, -0.1) is 0 Å². The van der Waals surface area contributed by atoms with Crippen LogP contribution in [-0.2, 0) is 19.2 Å². The molecule has 0 saturated heterocycles. The van der Waals surface area contributed by atoms with Gasteiger partial charge in [0.2, 0.25) is 0 Å². The summed E-state index contributed by atoms with van der Waals surface area (Å²) in [5, 5.41) is 21.6. The van der Waals surface area contributed by atoms with Crippen molar-refractivity contribution in [3.8, 4) is 0 Å². The van der Waals surface area contributed by atoms with Gasteiger partial charge in [-0.05, 0) is 7.05 Å². The van der Waals surface area contributed by atoms with E-state index in [9.17, 15) is 19.2 Å². The number of aliphatic hydroxyl groups excluding tert-OH is 1. The van der Waals surface area contributed by atoms with Crippen LogP contribution < -0.4 is 26.6 Å². The molecule has 0 aliphatic heterocycles. The molecule has 138 valence electrons. The standard InChI is InChI=1S/C14H26N5O5.Rb/c1-5-10(19-9(3)21)14(24)18-8(2)12(22)16-7-17-13(23)11(6-20)15-4;/h5,8,10-11,15,20H,6-7H2,1-4H3,(H,16,22)(H,17,23)(H,18,24)(H,19,21);. The zero-order valence-electron chi connectivity index (χ0n) is 15.3. The Morgan fingerprint density at radius 2 is 1.56 bits per heavy atom. The number of hydrogen-bond acceptors (Lipinski definition) is 6. The van der Waals surface area contributed by atoms with Crippen LogP contribution in [0.1, 0.15) is 20.8 Å². The fraction of sp³-hybridized carbons (Fsp3) is 0.714. The van der Waals surface area contributed by atoms with Crippen molar-refractivity contribution in [1.29, 1.82) is 0 Å². The van der Waals surface area contributed by atoms with Gasteiger partial charge < -0.3 is 5.11 Å². The van der Waals surface area contributed by atoms with Crippen LogP contribution in [-0.4, -0.2) is 123 Å². The molecule has 11 heteroatoms. The Labute approximate surface area is 186 Å². The molecule has 0 aliphatic rings. The van der Waals surface area contributed by atoms with Crippen LogP contribution in [0.3, 0.4) is 0 Å². The van der Waals surface area contributed by atoms with Crippen LogP contribution in [0.2, 0.25) is -1.01 Å². The van der Waals surface area contributed by atoms with E-state index in [2.05, 4.69) is 26.6 Å². The Bertz CT molecular complexity index is 484. The Hall–Kier alpha value is -0.395. The SMILES string of the molecule is CNC(CO)C(=O)NCNC(=O)C(C)NC(=O)C(NC(C)=O)[CH](C)[Rb]. The summed E-state index contributed by atoms with van der Waals surface area (Å²) in [4.78, 5) is 47.0. The van der Waals surface area contributed by atoms with Gasteiger partial charge in [0.15, 0.2) is 0 Å². The van der Waals surface area contributed by atoms with E-state index in [1.807, 2.05) is 6.92 Å². The summed E-state index contributed by atoms with van der Waals surface area (Å²) in [6, 6.07) is -2.23. The van der Waals surface area contributed by atoms with Crippen LogP contribution in [0.4, 0.5) is 0 Å². The van der Waals surface area contributed by atoms with Gasteiger partial charge in [-0.3, -0.25) is 0 Å². The minimum absolute atomic E-state index is 0.0669. The van der Waals surface area contributed by atoms with Crippen LogP contribution in [0.5, 0.6) is 0 Å². The normalized spacial score (nSPS) is 15.3. The number of nitrogens with one attached hydrogen (secondary N) is 5.